The zero-order chi connectivity index (χ0) is 10.7. The third-order valence-corrected chi connectivity index (χ3v) is 3.10. The minimum atomic E-state index is 0.637. The van der Waals surface area contributed by atoms with Gasteiger partial charge in [-0.2, -0.15) is 0 Å². The molecular formula is C14H20. The lowest BCUT2D eigenvalue weighted by molar-refractivity contribution is 0.466. The summed E-state index contributed by atoms with van der Waals surface area (Å²) in [5.41, 5.74) is 3.79. The lowest BCUT2D eigenvalue weighted by Gasteiger charge is -2.26. The molecule has 1 rings (SSSR count). The second-order valence-corrected chi connectivity index (χ2v) is 4.51. The predicted octanol–water partition coefficient (Wildman–Crippen LogP) is 3.95. The summed E-state index contributed by atoms with van der Waals surface area (Å²) in [7, 11) is 0. The Kier molecular flexibility index (Phi) is 3.58. The van der Waals surface area contributed by atoms with Crippen molar-refractivity contribution in [3.8, 4) is 11.8 Å². The van der Waals surface area contributed by atoms with Crippen LogP contribution in [0.25, 0.3) is 0 Å². The van der Waals surface area contributed by atoms with Gasteiger partial charge in [0, 0.05) is 5.57 Å². The summed E-state index contributed by atoms with van der Waals surface area (Å²) in [5.74, 6) is 7.72. The van der Waals surface area contributed by atoms with Crippen molar-refractivity contribution >= 4 is 0 Å². The van der Waals surface area contributed by atoms with E-state index < -0.39 is 0 Å². The molecule has 0 nitrogen and oxygen atoms in total. The third kappa shape index (κ3) is 2.51. The zero-order valence-electron chi connectivity index (χ0n) is 9.78. The van der Waals surface area contributed by atoms with E-state index in [1.165, 1.54) is 24.0 Å². The molecule has 0 aromatic carbocycles. The van der Waals surface area contributed by atoms with Crippen LogP contribution in [0.15, 0.2) is 23.3 Å². The van der Waals surface area contributed by atoms with Crippen LogP contribution < -0.4 is 0 Å². The van der Waals surface area contributed by atoms with Crippen LogP contribution in [0.2, 0.25) is 0 Å². The van der Waals surface area contributed by atoms with Crippen LogP contribution in [0, 0.1) is 23.7 Å². The first-order valence-electron chi connectivity index (χ1n) is 5.40. The first-order valence-corrected chi connectivity index (χ1v) is 5.40. The maximum Gasteiger partial charge on any atom is 0.00440 e. The van der Waals surface area contributed by atoms with Gasteiger partial charge in [0.25, 0.3) is 0 Å². The van der Waals surface area contributed by atoms with E-state index in [1.807, 2.05) is 6.92 Å². The Labute approximate surface area is 88.1 Å². The Morgan fingerprint density at radius 3 is 2.43 bits per heavy atom. The Bertz CT molecular complexity index is 320. The van der Waals surface area contributed by atoms with Crippen LogP contribution in [-0.2, 0) is 0 Å². The Morgan fingerprint density at radius 2 is 1.86 bits per heavy atom. The van der Waals surface area contributed by atoms with Crippen molar-refractivity contribution in [2.75, 3.05) is 0 Å². The summed E-state index contributed by atoms with van der Waals surface area (Å²) in [4.78, 5) is 0. The van der Waals surface area contributed by atoms with E-state index in [4.69, 9.17) is 0 Å². The molecule has 76 valence electrons. The molecule has 0 aromatic rings. The third-order valence-electron chi connectivity index (χ3n) is 3.10. The smallest absolute Gasteiger partial charge is 0.00440 e. The van der Waals surface area contributed by atoms with E-state index >= 15 is 0 Å². The molecule has 0 fully saturated rings. The first-order chi connectivity index (χ1) is 6.52. The number of rotatable bonds is 0. The minimum absolute atomic E-state index is 0.637. The molecule has 0 saturated heterocycles. The number of hydrogen-bond acceptors (Lipinski definition) is 0. The van der Waals surface area contributed by atoms with Gasteiger partial charge >= 0.3 is 0 Å². The van der Waals surface area contributed by atoms with Gasteiger partial charge in [0.05, 0.1) is 0 Å². The minimum Gasteiger partial charge on any atom is -0.0877 e. The first kappa shape index (κ1) is 11.1. The van der Waals surface area contributed by atoms with E-state index in [0.29, 0.717) is 11.8 Å². The Hall–Kier alpha value is -0.960. The number of allylic oxidation sites excluding steroid dienone is 3. The van der Waals surface area contributed by atoms with Crippen molar-refractivity contribution in [2.24, 2.45) is 11.8 Å². The number of hydrogen-bond donors (Lipinski definition) is 0. The molecule has 0 spiro atoms. The molecule has 0 bridgehead atoms. The summed E-state index contributed by atoms with van der Waals surface area (Å²) in [6, 6.07) is 0. The van der Waals surface area contributed by atoms with Gasteiger partial charge in [-0.05, 0) is 44.1 Å². The van der Waals surface area contributed by atoms with Crippen LogP contribution in [0.4, 0.5) is 0 Å². The van der Waals surface area contributed by atoms with Gasteiger partial charge in [-0.15, -0.1) is 0 Å². The molecule has 0 N–H and O–H groups in total. The fourth-order valence-corrected chi connectivity index (χ4v) is 1.91. The van der Waals surface area contributed by atoms with Crippen molar-refractivity contribution in [3.63, 3.8) is 0 Å². The quantitative estimate of drug-likeness (QED) is 0.505. The van der Waals surface area contributed by atoms with Crippen LogP contribution in [0.3, 0.4) is 0 Å². The molecule has 14 heavy (non-hydrogen) atoms. The van der Waals surface area contributed by atoms with Crippen LogP contribution >= 0.6 is 0 Å². The lowest BCUT2D eigenvalue weighted by atomic mass is 9.79. The molecule has 2 atom stereocenters. The summed E-state index contributed by atoms with van der Waals surface area (Å²) < 4.78 is 0. The standard InChI is InChI=1S/C14H20/c1-10(2)6-9-14-12(4)8-7-11(3)13(14)5/h11-12H,1,7-8H2,2-5H3. The Balaban J connectivity index is 2.98. The molecule has 0 aliphatic heterocycles. The van der Waals surface area contributed by atoms with Crippen molar-refractivity contribution in [1.82, 2.24) is 0 Å². The van der Waals surface area contributed by atoms with Gasteiger partial charge in [-0.25, -0.2) is 0 Å². The van der Waals surface area contributed by atoms with Crippen molar-refractivity contribution < 1.29 is 0 Å². The van der Waals surface area contributed by atoms with Gasteiger partial charge < -0.3 is 0 Å². The van der Waals surface area contributed by atoms with Gasteiger partial charge in [0.2, 0.25) is 0 Å². The Morgan fingerprint density at radius 1 is 1.29 bits per heavy atom. The van der Waals surface area contributed by atoms with Crippen molar-refractivity contribution in [2.45, 2.75) is 40.5 Å². The summed E-state index contributed by atoms with van der Waals surface area (Å²) in [6.07, 6.45) is 2.59. The summed E-state index contributed by atoms with van der Waals surface area (Å²) in [6.45, 7) is 12.6. The molecule has 0 aromatic heterocycles. The van der Waals surface area contributed by atoms with E-state index in [-0.39, 0.29) is 0 Å². The summed E-state index contributed by atoms with van der Waals surface area (Å²) >= 11 is 0. The topological polar surface area (TPSA) is 0 Å². The molecule has 0 radical (unpaired) electrons. The fourth-order valence-electron chi connectivity index (χ4n) is 1.91. The van der Waals surface area contributed by atoms with Crippen LogP contribution in [0.5, 0.6) is 0 Å². The highest BCUT2D eigenvalue weighted by Crippen LogP contribution is 2.33. The highest BCUT2D eigenvalue weighted by molar-refractivity contribution is 5.41. The lowest BCUT2D eigenvalue weighted by Crippen LogP contribution is -2.13. The molecule has 2 unspecified atom stereocenters. The zero-order valence-corrected chi connectivity index (χ0v) is 9.78. The molecule has 0 amide bonds. The van der Waals surface area contributed by atoms with Gasteiger partial charge in [-0.3, -0.25) is 0 Å². The average molecular weight is 188 g/mol. The highest BCUT2D eigenvalue weighted by atomic mass is 14.2. The molecule has 0 heterocycles. The molecule has 1 aliphatic carbocycles. The molecule has 0 heteroatoms. The predicted molar refractivity (Wildman–Crippen MR) is 62.9 cm³/mol. The highest BCUT2D eigenvalue weighted by Gasteiger charge is 2.20. The monoisotopic (exact) mass is 188 g/mol. The molecular weight excluding hydrogens is 168 g/mol. The van der Waals surface area contributed by atoms with Gasteiger partial charge in [-0.1, -0.05) is 37.8 Å². The second-order valence-electron chi connectivity index (χ2n) is 4.51. The fraction of sp³-hybridized carbons (Fsp3) is 0.571. The van der Waals surface area contributed by atoms with Crippen molar-refractivity contribution in [3.05, 3.63) is 23.3 Å². The van der Waals surface area contributed by atoms with Gasteiger partial charge in [0.15, 0.2) is 0 Å². The largest absolute Gasteiger partial charge is 0.0877 e. The normalized spacial score (nSPS) is 26.9. The maximum absolute atomic E-state index is 3.81. The van der Waals surface area contributed by atoms with Crippen molar-refractivity contribution in [1.29, 1.82) is 0 Å². The van der Waals surface area contributed by atoms with E-state index in [9.17, 15) is 0 Å². The van der Waals surface area contributed by atoms with E-state index in [2.05, 4.69) is 39.2 Å². The SMILES string of the molecule is C=C(C)C#CC1=C(C)C(C)CCC1C. The van der Waals surface area contributed by atoms with Gasteiger partial charge in [0.1, 0.15) is 0 Å². The summed E-state index contributed by atoms with van der Waals surface area (Å²) in [5, 5.41) is 0. The maximum atomic E-state index is 3.81. The second kappa shape index (κ2) is 4.51. The van der Waals surface area contributed by atoms with E-state index in [0.717, 1.165) is 5.57 Å². The van der Waals surface area contributed by atoms with Crippen LogP contribution in [-0.4, -0.2) is 0 Å². The molecule has 1 aliphatic rings. The average Bonchev–Trinajstić information content (AvgIpc) is 2.11. The van der Waals surface area contributed by atoms with E-state index in [1.54, 1.807) is 0 Å². The van der Waals surface area contributed by atoms with Crippen LogP contribution in [0.1, 0.15) is 40.5 Å². The molecule has 0 saturated carbocycles.